The molecule has 0 aliphatic heterocycles. The van der Waals surface area contributed by atoms with Crippen molar-refractivity contribution in [1.29, 1.82) is 0 Å². The number of amides is 1. The molecule has 0 atom stereocenters. The molecule has 2 N–H and O–H groups in total. The van der Waals surface area contributed by atoms with Gasteiger partial charge in [0.05, 0.1) is 38.5 Å². The Balaban J connectivity index is 1.55. The minimum atomic E-state index is -0.155. The van der Waals surface area contributed by atoms with Gasteiger partial charge in [0.15, 0.2) is 5.65 Å². The van der Waals surface area contributed by atoms with Crippen molar-refractivity contribution in [3.63, 3.8) is 0 Å². The first-order chi connectivity index (χ1) is 11.2. The number of carbonyl (C=O) groups is 1. The number of thiazole rings is 1. The van der Waals surface area contributed by atoms with Gasteiger partial charge >= 0.3 is 0 Å². The molecular formula is C15H11N5OS2. The average Bonchev–Trinajstić information content (AvgIpc) is 3.26. The number of nitrogens with one attached hydrogen (secondary N) is 2. The van der Waals surface area contributed by atoms with Gasteiger partial charge in [-0.3, -0.25) is 9.89 Å². The Morgan fingerprint density at radius 3 is 3.04 bits per heavy atom. The van der Waals surface area contributed by atoms with Gasteiger partial charge in [-0.2, -0.15) is 5.10 Å². The number of pyridine rings is 1. The Morgan fingerprint density at radius 2 is 2.22 bits per heavy atom. The van der Waals surface area contributed by atoms with Crippen LogP contribution in [0.25, 0.3) is 21.6 Å². The number of carbonyl (C=O) groups excluding carboxylic acids is 1. The van der Waals surface area contributed by atoms with Crippen LogP contribution in [-0.2, 0) is 0 Å². The molecule has 114 valence electrons. The van der Waals surface area contributed by atoms with E-state index in [-0.39, 0.29) is 5.91 Å². The first kappa shape index (κ1) is 14.0. The highest BCUT2D eigenvalue weighted by Crippen LogP contribution is 2.29. The lowest BCUT2D eigenvalue weighted by molar-refractivity contribution is 0.103. The lowest BCUT2D eigenvalue weighted by atomic mass is 10.3. The summed E-state index contributed by atoms with van der Waals surface area (Å²) in [6, 6.07) is 5.57. The summed E-state index contributed by atoms with van der Waals surface area (Å²) in [4.78, 5) is 22.6. The number of nitrogens with zero attached hydrogens (tertiary/aromatic N) is 3. The van der Waals surface area contributed by atoms with E-state index in [0.29, 0.717) is 16.2 Å². The van der Waals surface area contributed by atoms with Crippen LogP contribution in [0, 0.1) is 6.92 Å². The quantitative estimate of drug-likeness (QED) is 0.595. The first-order valence-electron chi connectivity index (χ1n) is 6.82. The third-order valence-electron chi connectivity index (χ3n) is 3.25. The second-order valence-electron chi connectivity index (χ2n) is 4.90. The van der Waals surface area contributed by atoms with Crippen molar-refractivity contribution in [1.82, 2.24) is 20.2 Å². The molecule has 4 aromatic heterocycles. The van der Waals surface area contributed by atoms with Gasteiger partial charge in [-0.15, -0.1) is 22.7 Å². The first-order valence-corrected chi connectivity index (χ1v) is 8.51. The zero-order valence-electron chi connectivity index (χ0n) is 12.0. The summed E-state index contributed by atoms with van der Waals surface area (Å²) in [5.41, 5.74) is 2.25. The molecule has 0 aromatic carbocycles. The molecule has 0 fully saturated rings. The normalized spacial score (nSPS) is 11.0. The van der Waals surface area contributed by atoms with Gasteiger partial charge in [0, 0.05) is 10.8 Å². The Hall–Kier alpha value is -2.58. The molecule has 0 radical (unpaired) electrons. The monoisotopic (exact) mass is 341 g/mol. The Bertz CT molecular complexity index is 1000. The van der Waals surface area contributed by atoms with Crippen LogP contribution in [0.5, 0.6) is 0 Å². The summed E-state index contributed by atoms with van der Waals surface area (Å²) < 4.78 is 0. The third kappa shape index (κ3) is 2.73. The minimum absolute atomic E-state index is 0.155. The highest BCUT2D eigenvalue weighted by atomic mass is 32.1. The summed E-state index contributed by atoms with van der Waals surface area (Å²) in [6.45, 7) is 1.97. The van der Waals surface area contributed by atoms with Crippen LogP contribution in [-0.4, -0.2) is 26.1 Å². The molecule has 4 aromatic rings. The number of H-pyrrole nitrogens is 1. The summed E-state index contributed by atoms with van der Waals surface area (Å²) in [5.74, 6) is -0.155. The molecule has 0 saturated heterocycles. The third-order valence-corrected chi connectivity index (χ3v) is 5.13. The molecule has 0 spiro atoms. The van der Waals surface area contributed by atoms with Crippen LogP contribution in [0.2, 0.25) is 0 Å². The fraction of sp³-hybridized carbons (Fsp3) is 0.0667. The van der Waals surface area contributed by atoms with E-state index in [1.54, 1.807) is 23.7 Å². The van der Waals surface area contributed by atoms with Crippen molar-refractivity contribution in [3.05, 3.63) is 45.9 Å². The van der Waals surface area contributed by atoms with E-state index < -0.39 is 0 Å². The van der Waals surface area contributed by atoms with E-state index in [4.69, 9.17) is 0 Å². The molecule has 4 rings (SSSR count). The smallest absolute Gasteiger partial charge is 0.265 e. The predicted molar refractivity (Wildman–Crippen MR) is 92.0 cm³/mol. The highest BCUT2D eigenvalue weighted by molar-refractivity contribution is 7.18. The van der Waals surface area contributed by atoms with E-state index in [0.717, 1.165) is 21.0 Å². The maximum Gasteiger partial charge on any atom is 0.265 e. The van der Waals surface area contributed by atoms with Crippen molar-refractivity contribution < 1.29 is 4.79 Å². The molecule has 1 amide bonds. The minimum Gasteiger partial charge on any atom is -0.320 e. The van der Waals surface area contributed by atoms with Crippen LogP contribution in [0.15, 0.2) is 36.0 Å². The van der Waals surface area contributed by atoms with Crippen LogP contribution >= 0.6 is 22.7 Å². The lowest BCUT2D eigenvalue weighted by Gasteiger charge is -2.02. The van der Waals surface area contributed by atoms with Crippen LogP contribution in [0.1, 0.15) is 14.7 Å². The number of hydrogen-bond acceptors (Lipinski definition) is 6. The maximum atomic E-state index is 12.4. The van der Waals surface area contributed by atoms with Gasteiger partial charge in [-0.25, -0.2) is 9.97 Å². The fourth-order valence-electron chi connectivity index (χ4n) is 2.17. The largest absolute Gasteiger partial charge is 0.320 e. The summed E-state index contributed by atoms with van der Waals surface area (Å²) >= 11 is 3.02. The van der Waals surface area contributed by atoms with Crippen LogP contribution in [0.3, 0.4) is 0 Å². The van der Waals surface area contributed by atoms with Crippen LogP contribution < -0.4 is 5.32 Å². The zero-order valence-corrected chi connectivity index (χ0v) is 13.7. The Kier molecular flexibility index (Phi) is 3.40. The van der Waals surface area contributed by atoms with Gasteiger partial charge in [0.25, 0.3) is 5.91 Å². The van der Waals surface area contributed by atoms with E-state index in [9.17, 15) is 4.79 Å². The molecule has 4 heterocycles. The predicted octanol–water partition coefficient (Wildman–Crippen LogP) is 3.70. The van der Waals surface area contributed by atoms with Gasteiger partial charge in [0.1, 0.15) is 0 Å². The van der Waals surface area contributed by atoms with Crippen molar-refractivity contribution in [2.45, 2.75) is 6.92 Å². The summed E-state index contributed by atoms with van der Waals surface area (Å²) in [6.07, 6.45) is 3.28. The maximum absolute atomic E-state index is 12.4. The molecule has 0 aliphatic rings. The fourth-order valence-corrected chi connectivity index (χ4v) is 3.72. The lowest BCUT2D eigenvalue weighted by Crippen LogP contribution is -2.10. The van der Waals surface area contributed by atoms with Crippen molar-refractivity contribution >= 4 is 45.3 Å². The number of hydrogen-bond donors (Lipinski definition) is 2. The summed E-state index contributed by atoms with van der Waals surface area (Å²) in [5, 5.41) is 13.4. The molecule has 0 unspecified atom stereocenters. The number of rotatable bonds is 3. The molecule has 0 saturated carbocycles. The molecule has 8 heteroatoms. The van der Waals surface area contributed by atoms with Gasteiger partial charge in [0.2, 0.25) is 0 Å². The average molecular weight is 341 g/mol. The van der Waals surface area contributed by atoms with E-state index in [1.165, 1.54) is 11.3 Å². The Labute approximate surface area is 139 Å². The zero-order chi connectivity index (χ0) is 15.8. The van der Waals surface area contributed by atoms with Crippen molar-refractivity contribution in [2.75, 3.05) is 5.32 Å². The van der Waals surface area contributed by atoms with Gasteiger partial charge in [-0.1, -0.05) is 0 Å². The summed E-state index contributed by atoms with van der Waals surface area (Å²) in [7, 11) is 0. The van der Waals surface area contributed by atoms with E-state index >= 15 is 0 Å². The van der Waals surface area contributed by atoms with E-state index in [2.05, 4.69) is 25.5 Å². The van der Waals surface area contributed by atoms with E-state index in [1.807, 2.05) is 30.5 Å². The van der Waals surface area contributed by atoms with Gasteiger partial charge in [-0.05, 0) is 25.1 Å². The topological polar surface area (TPSA) is 83.6 Å². The molecular weight excluding hydrogens is 330 g/mol. The van der Waals surface area contributed by atoms with Gasteiger partial charge < -0.3 is 5.32 Å². The number of aryl methyl sites for hydroxylation is 1. The van der Waals surface area contributed by atoms with Crippen LogP contribution in [0.4, 0.5) is 5.69 Å². The molecule has 6 nitrogen and oxygen atoms in total. The number of aromatic amines is 1. The standard InChI is InChI=1S/C15H11N5OS2/c1-8-18-11(7-22-8)12-2-3-13(23-12)15(21)19-10-4-9-5-17-20-14(9)16-6-10/h2-7H,1H3,(H,19,21)(H,16,17,20). The molecule has 23 heavy (non-hydrogen) atoms. The molecule has 0 bridgehead atoms. The SMILES string of the molecule is Cc1nc(-c2ccc(C(=O)Nc3cnc4[nH]ncc4c3)s2)cs1. The number of aromatic nitrogens is 4. The number of fused-ring (bicyclic) bond motifs is 1. The second kappa shape index (κ2) is 5.56. The van der Waals surface area contributed by atoms with Crippen molar-refractivity contribution in [3.8, 4) is 10.6 Å². The molecule has 0 aliphatic carbocycles. The highest BCUT2D eigenvalue weighted by Gasteiger charge is 2.12. The Morgan fingerprint density at radius 1 is 1.30 bits per heavy atom. The number of thiophene rings is 1. The van der Waals surface area contributed by atoms with Crippen molar-refractivity contribution in [2.24, 2.45) is 0 Å². The number of anilines is 1. The second-order valence-corrected chi connectivity index (χ2v) is 7.05.